The van der Waals surface area contributed by atoms with Crippen LogP contribution in [-0.4, -0.2) is 30.8 Å². The highest BCUT2D eigenvalue weighted by Gasteiger charge is 2.21. The zero-order chi connectivity index (χ0) is 25.5. The Morgan fingerprint density at radius 2 is 1.92 bits per heavy atom. The number of aromatic nitrogens is 5. The van der Waals surface area contributed by atoms with Gasteiger partial charge in [-0.05, 0) is 47.9 Å². The van der Waals surface area contributed by atoms with Crippen LogP contribution in [0.15, 0.2) is 83.8 Å². The second-order valence-corrected chi connectivity index (χ2v) is 9.03. The molecule has 182 valence electrons. The molecule has 0 saturated heterocycles. The molecule has 0 aliphatic heterocycles. The van der Waals surface area contributed by atoms with Crippen molar-refractivity contribution in [1.82, 2.24) is 24.9 Å². The number of primary amides is 1. The Balaban J connectivity index is 1.55. The normalized spacial score (nSPS) is 11.4. The standard InChI is InChI=1S/C28H23N7O2/c1-16(2)26-25-20(18-13-17-5-3-4-6-22(17)31-15-18)9-11-30-28(25)35(33-26)19-7-8-21(27(29)36)23(14-19)32-24-10-12-37-34-24/h3-16H,1-2H3,(H2,29,36)(H,32,34). The van der Waals surface area contributed by atoms with Gasteiger partial charge in [-0.2, -0.15) is 5.10 Å². The topological polar surface area (TPSA) is 125 Å². The average molecular weight is 490 g/mol. The number of carbonyl (C=O) groups is 1. The number of hydrogen-bond donors (Lipinski definition) is 2. The van der Waals surface area contributed by atoms with Crippen molar-refractivity contribution in [2.45, 2.75) is 19.8 Å². The minimum Gasteiger partial charge on any atom is -0.366 e. The van der Waals surface area contributed by atoms with Crippen LogP contribution in [0.2, 0.25) is 0 Å². The van der Waals surface area contributed by atoms with E-state index in [-0.39, 0.29) is 5.92 Å². The smallest absolute Gasteiger partial charge is 0.250 e. The number of pyridine rings is 2. The van der Waals surface area contributed by atoms with Crippen molar-refractivity contribution in [3.8, 4) is 16.8 Å². The summed E-state index contributed by atoms with van der Waals surface area (Å²) in [6, 6.07) is 19.1. The summed E-state index contributed by atoms with van der Waals surface area (Å²) in [6.45, 7) is 4.21. The van der Waals surface area contributed by atoms with Crippen LogP contribution >= 0.6 is 0 Å². The molecule has 0 radical (unpaired) electrons. The summed E-state index contributed by atoms with van der Waals surface area (Å²) in [7, 11) is 0. The minimum absolute atomic E-state index is 0.137. The number of para-hydroxylation sites is 1. The molecule has 4 heterocycles. The molecule has 9 nitrogen and oxygen atoms in total. The highest BCUT2D eigenvalue weighted by atomic mass is 16.5. The van der Waals surface area contributed by atoms with Gasteiger partial charge < -0.3 is 15.6 Å². The monoisotopic (exact) mass is 489 g/mol. The third kappa shape index (κ3) is 3.96. The Morgan fingerprint density at radius 3 is 2.70 bits per heavy atom. The molecule has 1 amide bonds. The summed E-state index contributed by atoms with van der Waals surface area (Å²) in [5, 5.41) is 14.0. The lowest BCUT2D eigenvalue weighted by molar-refractivity contribution is 0.100. The Labute approximate surface area is 211 Å². The lowest BCUT2D eigenvalue weighted by atomic mass is 9.98. The largest absolute Gasteiger partial charge is 0.366 e. The fourth-order valence-electron chi connectivity index (χ4n) is 4.51. The number of benzene rings is 2. The molecule has 0 unspecified atom stereocenters. The first-order chi connectivity index (χ1) is 18.0. The van der Waals surface area contributed by atoms with E-state index < -0.39 is 5.91 Å². The van der Waals surface area contributed by atoms with Crippen LogP contribution in [0.25, 0.3) is 38.8 Å². The lowest BCUT2D eigenvalue weighted by Gasteiger charge is -2.11. The summed E-state index contributed by atoms with van der Waals surface area (Å²) in [6.07, 6.45) is 5.11. The molecule has 0 aliphatic rings. The third-order valence-corrected chi connectivity index (χ3v) is 6.26. The van der Waals surface area contributed by atoms with Gasteiger partial charge in [0.2, 0.25) is 0 Å². The molecule has 9 heteroatoms. The van der Waals surface area contributed by atoms with Gasteiger partial charge in [0.25, 0.3) is 5.91 Å². The Bertz CT molecular complexity index is 1770. The van der Waals surface area contributed by atoms with Crippen molar-refractivity contribution in [2.24, 2.45) is 5.73 Å². The van der Waals surface area contributed by atoms with Gasteiger partial charge in [0.1, 0.15) is 6.26 Å². The first kappa shape index (κ1) is 22.4. The van der Waals surface area contributed by atoms with E-state index in [1.807, 2.05) is 30.5 Å². The quantitative estimate of drug-likeness (QED) is 0.312. The highest BCUT2D eigenvalue weighted by Crippen LogP contribution is 2.35. The van der Waals surface area contributed by atoms with Crippen LogP contribution in [-0.2, 0) is 0 Å². The zero-order valence-electron chi connectivity index (χ0n) is 20.2. The first-order valence-electron chi connectivity index (χ1n) is 11.8. The molecule has 3 N–H and O–H groups in total. The van der Waals surface area contributed by atoms with Crippen molar-refractivity contribution in [2.75, 3.05) is 5.32 Å². The fraction of sp³-hybridized carbons (Fsp3) is 0.107. The maximum Gasteiger partial charge on any atom is 0.250 e. The summed E-state index contributed by atoms with van der Waals surface area (Å²) in [5.41, 5.74) is 11.7. The second-order valence-electron chi connectivity index (χ2n) is 9.03. The van der Waals surface area contributed by atoms with Crippen molar-refractivity contribution in [3.63, 3.8) is 0 Å². The van der Waals surface area contributed by atoms with Crippen LogP contribution < -0.4 is 11.1 Å². The van der Waals surface area contributed by atoms with Crippen molar-refractivity contribution in [3.05, 3.63) is 90.6 Å². The lowest BCUT2D eigenvalue weighted by Crippen LogP contribution is -2.14. The van der Waals surface area contributed by atoms with Crippen molar-refractivity contribution < 1.29 is 9.32 Å². The Morgan fingerprint density at radius 1 is 1.05 bits per heavy atom. The van der Waals surface area contributed by atoms with Crippen LogP contribution in [0.1, 0.15) is 35.8 Å². The van der Waals surface area contributed by atoms with Crippen molar-refractivity contribution in [1.29, 1.82) is 0 Å². The second kappa shape index (κ2) is 8.87. The molecule has 2 aromatic carbocycles. The number of hydrogen-bond acceptors (Lipinski definition) is 7. The number of nitrogens with one attached hydrogen (secondary N) is 1. The van der Waals surface area contributed by atoms with Crippen LogP contribution in [0, 0.1) is 0 Å². The number of nitrogens with zero attached hydrogens (tertiary/aromatic N) is 5. The molecule has 0 spiro atoms. The molecule has 0 atom stereocenters. The third-order valence-electron chi connectivity index (χ3n) is 6.26. The molecular weight excluding hydrogens is 466 g/mol. The number of anilines is 2. The molecule has 37 heavy (non-hydrogen) atoms. The molecular formula is C28H23N7O2. The van der Waals surface area contributed by atoms with Gasteiger partial charge in [-0.15, -0.1) is 0 Å². The van der Waals surface area contributed by atoms with Crippen LogP contribution in [0.4, 0.5) is 11.5 Å². The van der Waals surface area contributed by atoms with Crippen LogP contribution in [0.3, 0.4) is 0 Å². The van der Waals surface area contributed by atoms with E-state index in [9.17, 15) is 4.79 Å². The van der Waals surface area contributed by atoms with E-state index in [1.165, 1.54) is 6.26 Å². The van der Waals surface area contributed by atoms with E-state index in [4.69, 9.17) is 20.3 Å². The molecule has 6 aromatic rings. The van der Waals surface area contributed by atoms with E-state index in [1.54, 1.807) is 35.1 Å². The van der Waals surface area contributed by atoms with Gasteiger partial charge in [-0.25, -0.2) is 9.67 Å². The fourth-order valence-corrected chi connectivity index (χ4v) is 4.51. The number of amides is 1. The Hall–Kier alpha value is -5.05. The summed E-state index contributed by atoms with van der Waals surface area (Å²) >= 11 is 0. The minimum atomic E-state index is -0.560. The first-order valence-corrected chi connectivity index (χ1v) is 11.8. The predicted octanol–water partition coefficient (Wildman–Crippen LogP) is 5.59. The van der Waals surface area contributed by atoms with E-state index in [0.717, 1.165) is 33.1 Å². The number of nitrogens with two attached hydrogens (primary N) is 1. The number of rotatable bonds is 6. The van der Waals surface area contributed by atoms with Gasteiger partial charge in [-0.1, -0.05) is 37.2 Å². The molecule has 0 bridgehead atoms. The van der Waals surface area contributed by atoms with Crippen LogP contribution in [0.5, 0.6) is 0 Å². The highest BCUT2D eigenvalue weighted by molar-refractivity contribution is 6.00. The van der Waals surface area contributed by atoms with Gasteiger partial charge in [0.15, 0.2) is 11.5 Å². The maximum atomic E-state index is 12.1. The molecule has 0 saturated carbocycles. The van der Waals surface area contributed by atoms with Gasteiger partial charge in [-0.3, -0.25) is 9.78 Å². The predicted molar refractivity (Wildman–Crippen MR) is 142 cm³/mol. The average Bonchev–Trinajstić information content (AvgIpc) is 3.56. The summed E-state index contributed by atoms with van der Waals surface area (Å²) in [4.78, 5) is 21.5. The van der Waals surface area contributed by atoms with E-state index in [2.05, 4.69) is 41.4 Å². The maximum absolute atomic E-state index is 12.1. The zero-order valence-corrected chi connectivity index (χ0v) is 20.2. The molecule has 4 aromatic heterocycles. The molecule has 6 rings (SSSR count). The van der Waals surface area contributed by atoms with Gasteiger partial charge in [0.05, 0.1) is 33.5 Å². The van der Waals surface area contributed by atoms with Crippen molar-refractivity contribution >= 4 is 39.3 Å². The number of carbonyl (C=O) groups excluding carboxylic acids is 1. The van der Waals surface area contributed by atoms with Gasteiger partial charge >= 0.3 is 0 Å². The summed E-state index contributed by atoms with van der Waals surface area (Å²) in [5.74, 6) is 0.0322. The molecule has 0 aliphatic carbocycles. The molecule has 0 fully saturated rings. The number of fused-ring (bicyclic) bond motifs is 2. The summed E-state index contributed by atoms with van der Waals surface area (Å²) < 4.78 is 6.70. The Kier molecular flexibility index (Phi) is 5.37. The SMILES string of the molecule is CC(C)c1nn(-c2ccc(C(N)=O)c(Nc3ccon3)c2)c2nccc(-c3cnc4ccccc4c3)c12. The van der Waals surface area contributed by atoms with E-state index >= 15 is 0 Å². The van der Waals surface area contributed by atoms with E-state index in [0.29, 0.717) is 28.4 Å². The van der Waals surface area contributed by atoms with Gasteiger partial charge in [0, 0.05) is 29.4 Å².